The number of nitrogens with zero attached hydrogens (tertiary/aromatic N) is 2. The first-order valence-corrected chi connectivity index (χ1v) is 6.71. The van der Waals surface area contributed by atoms with Crippen molar-refractivity contribution in [1.82, 2.24) is 10.2 Å². The van der Waals surface area contributed by atoms with Crippen molar-refractivity contribution in [3.8, 4) is 0 Å². The number of nitrogens with one attached hydrogen (secondary N) is 1. The van der Waals surface area contributed by atoms with Gasteiger partial charge >= 0.3 is 0 Å². The molecule has 0 atom stereocenters. The number of aliphatic hydroxyl groups is 1. The third-order valence-corrected chi connectivity index (χ3v) is 3.74. The molecule has 8 heteroatoms. The average molecular weight is 283 g/mol. The van der Waals surface area contributed by atoms with Crippen molar-refractivity contribution in [3.05, 3.63) is 47.9 Å². The number of sulfonamides is 1. The van der Waals surface area contributed by atoms with Crippen LogP contribution in [-0.2, 0) is 16.6 Å². The molecule has 0 saturated heterocycles. The Morgan fingerprint density at radius 2 is 2.11 bits per heavy atom. The number of anilines is 1. The lowest BCUT2D eigenvalue weighted by Gasteiger charge is -2.10. The molecular formula is C11H10FN3O3S. The first-order chi connectivity index (χ1) is 9.03. The molecule has 0 amide bonds. The lowest BCUT2D eigenvalue weighted by Crippen LogP contribution is -2.16. The van der Waals surface area contributed by atoms with Gasteiger partial charge in [0.05, 0.1) is 11.5 Å². The molecule has 2 N–H and O–H groups in total. The van der Waals surface area contributed by atoms with Gasteiger partial charge in [-0.1, -0.05) is 6.07 Å². The molecule has 0 spiro atoms. The Hall–Kier alpha value is -2.06. The maximum Gasteiger partial charge on any atom is 0.263 e. The summed E-state index contributed by atoms with van der Waals surface area (Å²) in [6.45, 7) is -0.517. The molecule has 1 heterocycles. The highest BCUT2D eigenvalue weighted by Gasteiger charge is 2.19. The van der Waals surface area contributed by atoms with Crippen LogP contribution in [-0.4, -0.2) is 23.7 Å². The van der Waals surface area contributed by atoms with Crippen molar-refractivity contribution < 1.29 is 17.9 Å². The van der Waals surface area contributed by atoms with E-state index < -0.39 is 22.4 Å². The Morgan fingerprint density at radius 3 is 2.74 bits per heavy atom. The quantitative estimate of drug-likeness (QED) is 0.870. The summed E-state index contributed by atoms with van der Waals surface area (Å²) in [5.41, 5.74) is 0.0952. The van der Waals surface area contributed by atoms with E-state index in [0.29, 0.717) is 0 Å². The molecule has 2 rings (SSSR count). The Labute approximate surface area is 109 Å². The van der Waals surface area contributed by atoms with Crippen LogP contribution in [0.5, 0.6) is 0 Å². The predicted octanol–water partition coefficient (Wildman–Crippen LogP) is 0.909. The van der Waals surface area contributed by atoms with Gasteiger partial charge in [0, 0.05) is 6.20 Å². The fourth-order valence-electron chi connectivity index (χ4n) is 1.46. The van der Waals surface area contributed by atoms with E-state index >= 15 is 0 Å². The zero-order chi connectivity index (χ0) is 13.9. The number of benzene rings is 1. The summed E-state index contributed by atoms with van der Waals surface area (Å²) in [4.78, 5) is -0.333. The smallest absolute Gasteiger partial charge is 0.263 e. The van der Waals surface area contributed by atoms with Crippen LogP contribution in [0.2, 0.25) is 0 Å². The van der Waals surface area contributed by atoms with Crippen LogP contribution in [0.3, 0.4) is 0 Å². The summed E-state index contributed by atoms with van der Waals surface area (Å²) >= 11 is 0. The molecule has 0 saturated carbocycles. The minimum atomic E-state index is -4.03. The SMILES string of the molecule is O=S(=O)(Nc1cccnn1)c1cc(F)ccc1CO. The van der Waals surface area contributed by atoms with E-state index in [1.165, 1.54) is 24.4 Å². The topological polar surface area (TPSA) is 92.2 Å². The monoisotopic (exact) mass is 283 g/mol. The third-order valence-electron chi connectivity index (χ3n) is 2.30. The molecule has 1 aromatic heterocycles. The van der Waals surface area contributed by atoms with Crippen molar-refractivity contribution in [1.29, 1.82) is 0 Å². The normalized spacial score (nSPS) is 11.3. The second-order valence-electron chi connectivity index (χ2n) is 3.62. The Morgan fingerprint density at radius 1 is 1.32 bits per heavy atom. The summed E-state index contributed by atoms with van der Waals surface area (Å²) in [5.74, 6) is -0.702. The molecule has 100 valence electrons. The molecule has 0 bridgehead atoms. The molecule has 0 fully saturated rings. The molecule has 0 radical (unpaired) electrons. The molecule has 0 aliphatic rings. The Balaban J connectivity index is 2.42. The number of hydrogen-bond donors (Lipinski definition) is 2. The zero-order valence-electron chi connectivity index (χ0n) is 9.62. The van der Waals surface area contributed by atoms with Crippen molar-refractivity contribution in [3.63, 3.8) is 0 Å². The van der Waals surface area contributed by atoms with Crippen LogP contribution in [0, 0.1) is 5.82 Å². The summed E-state index contributed by atoms with van der Waals surface area (Å²) in [6.07, 6.45) is 1.39. The van der Waals surface area contributed by atoms with Crippen molar-refractivity contribution in [2.24, 2.45) is 0 Å². The van der Waals surface area contributed by atoms with Gasteiger partial charge in [-0.2, -0.15) is 5.10 Å². The van der Waals surface area contributed by atoms with Gasteiger partial charge in [-0.25, -0.2) is 12.8 Å². The highest BCUT2D eigenvalue weighted by atomic mass is 32.2. The van der Waals surface area contributed by atoms with E-state index in [1.807, 2.05) is 0 Å². The van der Waals surface area contributed by atoms with Gasteiger partial charge in [0.2, 0.25) is 0 Å². The average Bonchev–Trinajstić information content (AvgIpc) is 2.39. The molecule has 2 aromatic rings. The third kappa shape index (κ3) is 3.04. The van der Waals surface area contributed by atoms with Crippen LogP contribution in [0.15, 0.2) is 41.4 Å². The second kappa shape index (κ2) is 5.29. The minimum Gasteiger partial charge on any atom is -0.392 e. The molecular weight excluding hydrogens is 273 g/mol. The predicted molar refractivity (Wildman–Crippen MR) is 65.2 cm³/mol. The highest BCUT2D eigenvalue weighted by Crippen LogP contribution is 2.19. The van der Waals surface area contributed by atoms with Gasteiger partial charge in [0.1, 0.15) is 5.82 Å². The summed E-state index contributed by atoms with van der Waals surface area (Å²) < 4.78 is 39.5. The van der Waals surface area contributed by atoms with Gasteiger partial charge in [-0.15, -0.1) is 5.10 Å². The fourth-order valence-corrected chi connectivity index (χ4v) is 2.70. The molecule has 1 aromatic carbocycles. The molecule has 19 heavy (non-hydrogen) atoms. The zero-order valence-corrected chi connectivity index (χ0v) is 10.4. The molecule has 0 aliphatic carbocycles. The number of halogens is 1. The van der Waals surface area contributed by atoms with Crippen molar-refractivity contribution in [2.75, 3.05) is 4.72 Å². The maximum atomic E-state index is 13.2. The molecule has 6 nitrogen and oxygen atoms in total. The lowest BCUT2D eigenvalue weighted by atomic mass is 10.2. The van der Waals surface area contributed by atoms with Crippen LogP contribution >= 0.6 is 0 Å². The molecule has 0 unspecified atom stereocenters. The summed E-state index contributed by atoms with van der Waals surface area (Å²) in [6, 6.07) is 6.03. The van der Waals surface area contributed by atoms with E-state index in [1.54, 1.807) is 0 Å². The van der Waals surface area contributed by atoms with Gasteiger partial charge in [0.15, 0.2) is 5.82 Å². The highest BCUT2D eigenvalue weighted by molar-refractivity contribution is 7.92. The maximum absolute atomic E-state index is 13.2. The van der Waals surface area contributed by atoms with Crippen LogP contribution in [0.1, 0.15) is 5.56 Å². The number of aromatic nitrogens is 2. The lowest BCUT2D eigenvalue weighted by molar-refractivity contribution is 0.278. The van der Waals surface area contributed by atoms with Crippen LogP contribution in [0.25, 0.3) is 0 Å². The van der Waals surface area contributed by atoms with E-state index in [-0.39, 0.29) is 16.3 Å². The van der Waals surface area contributed by atoms with Crippen molar-refractivity contribution >= 4 is 15.8 Å². The van der Waals surface area contributed by atoms with Gasteiger partial charge in [0.25, 0.3) is 10.0 Å². The summed E-state index contributed by atoms with van der Waals surface area (Å²) in [7, 11) is -4.03. The van der Waals surface area contributed by atoms with E-state index in [4.69, 9.17) is 5.11 Å². The molecule has 0 aliphatic heterocycles. The largest absolute Gasteiger partial charge is 0.392 e. The number of rotatable bonds is 4. The second-order valence-corrected chi connectivity index (χ2v) is 5.28. The number of hydrogen-bond acceptors (Lipinski definition) is 5. The fraction of sp³-hybridized carbons (Fsp3) is 0.0909. The van der Waals surface area contributed by atoms with Gasteiger partial charge in [-0.3, -0.25) is 4.72 Å². The van der Waals surface area contributed by atoms with E-state index in [2.05, 4.69) is 14.9 Å². The Bertz CT molecular complexity index is 677. The number of aliphatic hydroxyl groups excluding tert-OH is 1. The van der Waals surface area contributed by atoms with Crippen LogP contribution in [0.4, 0.5) is 10.2 Å². The van der Waals surface area contributed by atoms with E-state index in [9.17, 15) is 12.8 Å². The first-order valence-electron chi connectivity index (χ1n) is 5.23. The summed E-state index contributed by atoms with van der Waals surface area (Å²) in [5, 5.41) is 16.2. The Kier molecular flexibility index (Phi) is 3.72. The standard InChI is InChI=1S/C11H10FN3O3S/c12-9-4-3-8(7-16)10(6-9)19(17,18)15-11-2-1-5-13-14-11/h1-6,16H,7H2,(H,14,15). The van der Waals surface area contributed by atoms with Crippen molar-refractivity contribution in [2.45, 2.75) is 11.5 Å². The van der Waals surface area contributed by atoms with E-state index in [0.717, 1.165) is 12.1 Å². The van der Waals surface area contributed by atoms with Gasteiger partial charge < -0.3 is 5.11 Å². The van der Waals surface area contributed by atoms with Gasteiger partial charge in [-0.05, 0) is 29.8 Å². The minimum absolute atomic E-state index is 0.00986. The van der Waals surface area contributed by atoms with Crippen LogP contribution < -0.4 is 4.72 Å². The first kappa shape index (κ1) is 13.4.